The molecule has 0 fully saturated rings. The summed E-state index contributed by atoms with van der Waals surface area (Å²) >= 11 is 0. The van der Waals surface area contributed by atoms with E-state index in [4.69, 9.17) is 11.0 Å². The molecule has 1 unspecified atom stereocenters. The van der Waals surface area contributed by atoms with Gasteiger partial charge in [-0.3, -0.25) is 0 Å². The van der Waals surface area contributed by atoms with Gasteiger partial charge in [-0.25, -0.2) is 0 Å². The molecule has 0 aliphatic heterocycles. The van der Waals surface area contributed by atoms with Gasteiger partial charge in [0.15, 0.2) is 0 Å². The van der Waals surface area contributed by atoms with Crippen molar-refractivity contribution >= 4 is 0 Å². The molecule has 0 saturated carbocycles. The van der Waals surface area contributed by atoms with Crippen molar-refractivity contribution in [1.82, 2.24) is 0 Å². The van der Waals surface area contributed by atoms with Gasteiger partial charge >= 0.3 is 0 Å². The Hall–Kier alpha value is -0.550. The number of hydrogen-bond donors (Lipinski definition) is 1. The molecule has 0 bridgehead atoms. The van der Waals surface area contributed by atoms with Crippen molar-refractivity contribution in [2.75, 3.05) is 6.54 Å². The van der Waals surface area contributed by atoms with Gasteiger partial charge in [-0.15, -0.1) is 0 Å². The molecule has 8 heavy (non-hydrogen) atoms. The second-order valence-electron chi connectivity index (χ2n) is 2.23. The van der Waals surface area contributed by atoms with Crippen LogP contribution in [0.2, 0.25) is 0 Å². The lowest BCUT2D eigenvalue weighted by molar-refractivity contribution is 0.439. The van der Waals surface area contributed by atoms with Crippen LogP contribution in [0.4, 0.5) is 0 Å². The highest BCUT2D eigenvalue weighted by atomic mass is 14.6. The highest BCUT2D eigenvalue weighted by molar-refractivity contribution is 4.94. The third-order valence-corrected chi connectivity index (χ3v) is 1.50. The first-order chi connectivity index (χ1) is 3.68. The molecule has 2 nitrogen and oxygen atoms in total. The highest BCUT2D eigenvalue weighted by Crippen LogP contribution is 2.15. The van der Waals surface area contributed by atoms with Crippen LogP contribution in [0.15, 0.2) is 0 Å². The molecule has 0 aliphatic carbocycles. The fraction of sp³-hybridized carbons (Fsp3) is 0.833. The lowest BCUT2D eigenvalue weighted by atomic mass is 9.90. The molecule has 0 spiro atoms. The van der Waals surface area contributed by atoms with Gasteiger partial charge in [0, 0.05) is 6.54 Å². The zero-order chi connectivity index (χ0) is 6.62. The zero-order valence-corrected chi connectivity index (χ0v) is 5.44. The third kappa shape index (κ3) is 1.51. The van der Waals surface area contributed by atoms with Crippen molar-refractivity contribution in [1.29, 1.82) is 5.26 Å². The van der Waals surface area contributed by atoms with Crippen molar-refractivity contribution < 1.29 is 0 Å². The Morgan fingerprint density at radius 2 is 2.25 bits per heavy atom. The van der Waals surface area contributed by atoms with Gasteiger partial charge in [-0.05, 0) is 13.3 Å². The maximum Gasteiger partial charge on any atom is 0.0700 e. The molecule has 0 aromatic rings. The van der Waals surface area contributed by atoms with Gasteiger partial charge in [0.2, 0.25) is 0 Å². The summed E-state index contributed by atoms with van der Waals surface area (Å²) in [6.45, 7) is 4.29. The Morgan fingerprint density at radius 3 is 2.25 bits per heavy atom. The summed E-state index contributed by atoms with van der Waals surface area (Å²) in [4.78, 5) is 0. The number of nitriles is 1. The lowest BCUT2D eigenvalue weighted by Crippen LogP contribution is -2.23. The second kappa shape index (κ2) is 2.68. The molecule has 2 N–H and O–H groups in total. The molecule has 0 aliphatic rings. The van der Waals surface area contributed by atoms with E-state index in [2.05, 4.69) is 6.07 Å². The average Bonchev–Trinajstić information content (AvgIpc) is 1.87. The van der Waals surface area contributed by atoms with Gasteiger partial charge in [-0.2, -0.15) is 5.26 Å². The van der Waals surface area contributed by atoms with Crippen LogP contribution in [-0.4, -0.2) is 6.54 Å². The molecular weight excluding hydrogens is 100 g/mol. The monoisotopic (exact) mass is 112 g/mol. The summed E-state index contributed by atoms with van der Waals surface area (Å²) in [5, 5.41) is 8.46. The molecule has 0 rings (SSSR count). The van der Waals surface area contributed by atoms with E-state index in [1.165, 1.54) is 0 Å². The number of rotatable bonds is 2. The van der Waals surface area contributed by atoms with Crippen LogP contribution in [-0.2, 0) is 0 Å². The van der Waals surface area contributed by atoms with Crippen LogP contribution in [0.25, 0.3) is 0 Å². The van der Waals surface area contributed by atoms with E-state index < -0.39 is 0 Å². The maximum atomic E-state index is 8.46. The molecule has 1 atom stereocenters. The quantitative estimate of drug-likeness (QED) is 0.576. The molecular formula is C6H12N2. The summed E-state index contributed by atoms with van der Waals surface area (Å²) in [6.07, 6.45) is 0.833. The molecule has 0 aromatic carbocycles. The Kier molecular flexibility index (Phi) is 2.50. The van der Waals surface area contributed by atoms with Gasteiger partial charge in [0.1, 0.15) is 0 Å². The normalized spacial score (nSPS) is 16.8. The molecule has 0 radical (unpaired) electrons. The minimum absolute atomic E-state index is 0.292. The van der Waals surface area contributed by atoms with Gasteiger partial charge < -0.3 is 5.73 Å². The molecule has 46 valence electrons. The summed E-state index contributed by atoms with van der Waals surface area (Å²) in [5.41, 5.74) is 5.01. The standard InChI is InChI=1S/C6H12N2/c1-3-6(2,4-7)5-8/h3-4,7H2,1-2H3. The Bertz CT molecular complexity index is 97.6. The number of nitrogens with two attached hydrogens (primary N) is 1. The first-order valence-electron chi connectivity index (χ1n) is 2.80. The van der Waals surface area contributed by atoms with Gasteiger partial charge in [-0.1, -0.05) is 6.92 Å². The van der Waals surface area contributed by atoms with Crippen LogP contribution in [0, 0.1) is 16.7 Å². The van der Waals surface area contributed by atoms with Gasteiger partial charge in [0.05, 0.1) is 11.5 Å². The van der Waals surface area contributed by atoms with Crippen molar-refractivity contribution in [2.24, 2.45) is 11.1 Å². The van der Waals surface area contributed by atoms with E-state index in [0.717, 1.165) is 6.42 Å². The van der Waals surface area contributed by atoms with Crippen LogP contribution in [0.3, 0.4) is 0 Å². The SMILES string of the molecule is CCC(C)(C#N)CN. The van der Waals surface area contributed by atoms with E-state index in [-0.39, 0.29) is 5.41 Å². The lowest BCUT2D eigenvalue weighted by Gasteiger charge is -2.14. The van der Waals surface area contributed by atoms with Crippen LogP contribution in [0.5, 0.6) is 0 Å². The Balaban J connectivity index is 3.83. The first kappa shape index (κ1) is 7.45. The summed E-state index contributed by atoms with van der Waals surface area (Å²) in [5.74, 6) is 0. The highest BCUT2D eigenvalue weighted by Gasteiger charge is 2.17. The first-order valence-corrected chi connectivity index (χ1v) is 2.80. The Labute approximate surface area is 50.3 Å². The van der Waals surface area contributed by atoms with Crippen LogP contribution in [0.1, 0.15) is 20.3 Å². The summed E-state index contributed by atoms with van der Waals surface area (Å²) in [7, 11) is 0. The van der Waals surface area contributed by atoms with E-state index in [1.807, 2.05) is 13.8 Å². The van der Waals surface area contributed by atoms with E-state index in [0.29, 0.717) is 6.54 Å². The van der Waals surface area contributed by atoms with Crippen molar-refractivity contribution in [3.63, 3.8) is 0 Å². The molecule has 2 heteroatoms. The summed E-state index contributed by atoms with van der Waals surface area (Å²) < 4.78 is 0. The second-order valence-corrected chi connectivity index (χ2v) is 2.23. The molecule has 0 aromatic heterocycles. The van der Waals surface area contributed by atoms with E-state index in [1.54, 1.807) is 0 Å². The van der Waals surface area contributed by atoms with E-state index in [9.17, 15) is 0 Å². The third-order valence-electron chi connectivity index (χ3n) is 1.50. The molecule has 0 saturated heterocycles. The largest absolute Gasteiger partial charge is 0.329 e. The fourth-order valence-electron chi connectivity index (χ4n) is 0.269. The average molecular weight is 112 g/mol. The minimum Gasteiger partial charge on any atom is -0.329 e. The number of hydrogen-bond acceptors (Lipinski definition) is 2. The molecule has 0 amide bonds. The minimum atomic E-state index is -0.292. The smallest absolute Gasteiger partial charge is 0.0700 e. The maximum absolute atomic E-state index is 8.46. The van der Waals surface area contributed by atoms with Crippen LogP contribution >= 0.6 is 0 Å². The Morgan fingerprint density at radius 1 is 1.75 bits per heavy atom. The number of nitrogens with zero attached hydrogens (tertiary/aromatic N) is 1. The predicted molar refractivity (Wildman–Crippen MR) is 33.1 cm³/mol. The van der Waals surface area contributed by atoms with Crippen molar-refractivity contribution in [3.05, 3.63) is 0 Å². The summed E-state index contributed by atoms with van der Waals surface area (Å²) in [6, 6.07) is 2.15. The van der Waals surface area contributed by atoms with Crippen LogP contribution < -0.4 is 5.73 Å². The van der Waals surface area contributed by atoms with Gasteiger partial charge in [0.25, 0.3) is 0 Å². The molecule has 0 heterocycles. The zero-order valence-electron chi connectivity index (χ0n) is 5.44. The van der Waals surface area contributed by atoms with Crippen molar-refractivity contribution in [3.8, 4) is 6.07 Å². The van der Waals surface area contributed by atoms with E-state index >= 15 is 0 Å². The predicted octanol–water partition coefficient (Wildman–Crippen LogP) is 0.885. The van der Waals surface area contributed by atoms with Crippen molar-refractivity contribution in [2.45, 2.75) is 20.3 Å². The fourth-order valence-corrected chi connectivity index (χ4v) is 0.269. The topological polar surface area (TPSA) is 49.8 Å².